The van der Waals surface area contributed by atoms with E-state index in [1.54, 1.807) is 0 Å². The molecule has 0 fully saturated rings. The van der Waals surface area contributed by atoms with Crippen LogP contribution in [0.2, 0.25) is 0 Å². The zero-order valence-electron chi connectivity index (χ0n) is 17.8. The molecule has 1 aliphatic heterocycles. The Morgan fingerprint density at radius 3 is 2.50 bits per heavy atom. The monoisotopic (exact) mass is 393 g/mol. The van der Waals surface area contributed by atoms with E-state index in [-0.39, 0.29) is 17.2 Å². The maximum absolute atomic E-state index is 13.4. The summed E-state index contributed by atoms with van der Waals surface area (Å²) in [5.74, 6) is 0.276. The van der Waals surface area contributed by atoms with Crippen molar-refractivity contribution in [2.75, 3.05) is 5.32 Å². The Labute approximate surface area is 178 Å². The fourth-order valence-electron chi connectivity index (χ4n) is 5.07. The fraction of sp³-hybridized carbons (Fsp3) is 0.250. The third-order valence-electron chi connectivity index (χ3n) is 6.39. The average molecular weight is 394 g/mol. The molecule has 3 aromatic carbocycles. The first-order valence-corrected chi connectivity index (χ1v) is 10.7. The third kappa shape index (κ3) is 3.17. The van der Waals surface area contributed by atoms with E-state index in [0.717, 1.165) is 23.2 Å². The van der Waals surface area contributed by atoms with Crippen molar-refractivity contribution in [2.24, 2.45) is 5.41 Å². The SMILES string of the molecule is C/C(=C\c1ccccc1)C1Nc2ccc3ccccc3c2C2=C1C(=O)CC(C)(C)C2. The highest BCUT2D eigenvalue weighted by atomic mass is 16.1. The van der Waals surface area contributed by atoms with Gasteiger partial charge in [-0.3, -0.25) is 4.79 Å². The van der Waals surface area contributed by atoms with Crippen molar-refractivity contribution in [1.29, 1.82) is 0 Å². The lowest BCUT2D eigenvalue weighted by Gasteiger charge is -2.40. The van der Waals surface area contributed by atoms with Crippen molar-refractivity contribution < 1.29 is 4.79 Å². The van der Waals surface area contributed by atoms with Gasteiger partial charge < -0.3 is 5.32 Å². The predicted molar refractivity (Wildman–Crippen MR) is 126 cm³/mol. The number of carbonyl (C=O) groups is 1. The minimum atomic E-state index is -0.0857. The standard InChI is InChI=1S/C28H27NO/c1-18(15-19-9-5-4-6-10-19)27-26-22(16-28(2,3)17-24(26)30)25-21-12-8-7-11-20(21)13-14-23(25)29-27/h4-15,27,29H,16-17H2,1-3H3/b18-15+. The van der Waals surface area contributed by atoms with Crippen LogP contribution in [0.5, 0.6) is 0 Å². The second kappa shape index (κ2) is 6.98. The predicted octanol–water partition coefficient (Wildman–Crippen LogP) is 6.88. The van der Waals surface area contributed by atoms with Gasteiger partial charge in [-0.1, -0.05) is 80.6 Å². The molecule has 0 aromatic heterocycles. The summed E-state index contributed by atoms with van der Waals surface area (Å²) in [6, 6.07) is 23.1. The second-order valence-corrected chi connectivity index (χ2v) is 9.42. The lowest BCUT2D eigenvalue weighted by atomic mass is 9.68. The van der Waals surface area contributed by atoms with Gasteiger partial charge in [0.05, 0.1) is 6.04 Å². The number of hydrogen-bond acceptors (Lipinski definition) is 2. The summed E-state index contributed by atoms with van der Waals surface area (Å²) in [5.41, 5.74) is 6.84. The molecule has 1 atom stereocenters. The maximum atomic E-state index is 13.4. The van der Waals surface area contributed by atoms with Crippen LogP contribution in [0.15, 0.2) is 77.9 Å². The first kappa shape index (κ1) is 18.9. The quantitative estimate of drug-likeness (QED) is 0.514. The van der Waals surface area contributed by atoms with Crippen LogP contribution in [0.3, 0.4) is 0 Å². The number of hydrogen-bond donors (Lipinski definition) is 1. The number of allylic oxidation sites excluding steroid dienone is 1. The molecule has 2 nitrogen and oxygen atoms in total. The summed E-state index contributed by atoms with van der Waals surface area (Å²) in [6.07, 6.45) is 3.72. The molecule has 0 spiro atoms. The zero-order chi connectivity index (χ0) is 20.9. The molecule has 0 amide bonds. The van der Waals surface area contributed by atoms with Crippen LogP contribution < -0.4 is 5.32 Å². The molecule has 0 saturated heterocycles. The first-order chi connectivity index (χ1) is 14.4. The van der Waals surface area contributed by atoms with E-state index >= 15 is 0 Å². The van der Waals surface area contributed by atoms with Crippen LogP contribution in [0.4, 0.5) is 5.69 Å². The molecule has 150 valence electrons. The molecule has 1 aliphatic carbocycles. The number of nitrogens with one attached hydrogen (secondary N) is 1. The van der Waals surface area contributed by atoms with Gasteiger partial charge >= 0.3 is 0 Å². The minimum Gasteiger partial charge on any atom is -0.374 e. The summed E-state index contributed by atoms with van der Waals surface area (Å²) in [7, 11) is 0. The van der Waals surface area contributed by atoms with Crippen LogP contribution in [0, 0.1) is 5.41 Å². The lowest BCUT2D eigenvalue weighted by molar-refractivity contribution is -0.117. The Bertz CT molecular complexity index is 1210. The molecule has 1 N–H and O–H groups in total. The molecule has 5 rings (SSSR count). The van der Waals surface area contributed by atoms with Gasteiger partial charge in [0.1, 0.15) is 0 Å². The first-order valence-electron chi connectivity index (χ1n) is 10.7. The van der Waals surface area contributed by atoms with Crippen LogP contribution >= 0.6 is 0 Å². The van der Waals surface area contributed by atoms with Crippen LogP contribution in [0.1, 0.15) is 44.7 Å². The third-order valence-corrected chi connectivity index (χ3v) is 6.39. The molecule has 2 aliphatic rings. The summed E-state index contributed by atoms with van der Waals surface area (Å²) >= 11 is 0. The van der Waals surface area contributed by atoms with Gasteiger partial charge in [0.15, 0.2) is 5.78 Å². The van der Waals surface area contributed by atoms with Gasteiger partial charge in [-0.05, 0) is 52.3 Å². The Morgan fingerprint density at radius 1 is 0.967 bits per heavy atom. The molecule has 0 saturated carbocycles. The number of benzene rings is 3. The largest absolute Gasteiger partial charge is 0.374 e. The maximum Gasteiger partial charge on any atom is 0.162 e. The number of fused-ring (bicyclic) bond motifs is 4. The number of carbonyl (C=O) groups excluding carboxylic acids is 1. The van der Waals surface area contributed by atoms with E-state index in [0.29, 0.717) is 6.42 Å². The fourth-order valence-corrected chi connectivity index (χ4v) is 5.07. The van der Waals surface area contributed by atoms with Crippen LogP contribution in [-0.2, 0) is 4.79 Å². The van der Waals surface area contributed by atoms with Gasteiger partial charge in [0.25, 0.3) is 0 Å². The highest BCUT2D eigenvalue weighted by molar-refractivity contribution is 6.13. The van der Waals surface area contributed by atoms with Crippen molar-refractivity contribution in [1.82, 2.24) is 0 Å². The summed E-state index contributed by atoms with van der Waals surface area (Å²) < 4.78 is 0. The van der Waals surface area contributed by atoms with Crippen LogP contribution in [-0.4, -0.2) is 11.8 Å². The normalized spacial score (nSPS) is 20.6. The van der Waals surface area contributed by atoms with Gasteiger partial charge in [-0.15, -0.1) is 0 Å². The molecule has 3 aromatic rings. The van der Waals surface area contributed by atoms with Crippen molar-refractivity contribution in [3.8, 4) is 0 Å². The number of anilines is 1. The van der Waals surface area contributed by atoms with Crippen molar-refractivity contribution in [3.05, 3.63) is 89.0 Å². The van der Waals surface area contributed by atoms with E-state index in [4.69, 9.17) is 0 Å². The second-order valence-electron chi connectivity index (χ2n) is 9.42. The smallest absolute Gasteiger partial charge is 0.162 e. The molecule has 2 heteroatoms. The highest BCUT2D eigenvalue weighted by Crippen LogP contribution is 2.49. The zero-order valence-corrected chi connectivity index (χ0v) is 17.8. The molecule has 1 unspecified atom stereocenters. The summed E-state index contributed by atoms with van der Waals surface area (Å²) in [4.78, 5) is 13.4. The highest BCUT2D eigenvalue weighted by Gasteiger charge is 2.40. The van der Waals surface area contributed by atoms with E-state index in [9.17, 15) is 4.79 Å². The summed E-state index contributed by atoms with van der Waals surface area (Å²) in [6.45, 7) is 6.56. The summed E-state index contributed by atoms with van der Waals surface area (Å²) in [5, 5.41) is 6.16. The number of Topliss-reactive ketones (excluding diaryl/α,β-unsaturated/α-hetero) is 1. The Kier molecular flexibility index (Phi) is 4.39. The number of rotatable bonds is 2. The van der Waals surface area contributed by atoms with Gasteiger partial charge in [0, 0.05) is 23.2 Å². The van der Waals surface area contributed by atoms with Gasteiger partial charge in [-0.2, -0.15) is 0 Å². The topological polar surface area (TPSA) is 29.1 Å². The van der Waals surface area contributed by atoms with E-state index < -0.39 is 0 Å². The lowest BCUT2D eigenvalue weighted by Crippen LogP contribution is -2.37. The van der Waals surface area contributed by atoms with Gasteiger partial charge in [0.2, 0.25) is 0 Å². The van der Waals surface area contributed by atoms with Gasteiger partial charge in [-0.25, -0.2) is 0 Å². The van der Waals surface area contributed by atoms with Crippen molar-refractivity contribution >= 4 is 33.9 Å². The molecule has 30 heavy (non-hydrogen) atoms. The molecular weight excluding hydrogens is 366 g/mol. The van der Waals surface area contributed by atoms with E-state index in [1.165, 1.54) is 27.5 Å². The minimum absolute atomic E-state index is 0.0247. The molecule has 0 bridgehead atoms. The van der Waals surface area contributed by atoms with E-state index in [1.807, 2.05) is 18.2 Å². The van der Waals surface area contributed by atoms with Crippen molar-refractivity contribution in [2.45, 2.75) is 39.7 Å². The Morgan fingerprint density at radius 2 is 1.70 bits per heavy atom. The number of ketones is 1. The van der Waals surface area contributed by atoms with Crippen molar-refractivity contribution in [3.63, 3.8) is 0 Å². The molecule has 1 heterocycles. The Balaban J connectivity index is 1.73. The molecule has 0 radical (unpaired) electrons. The average Bonchev–Trinajstić information content (AvgIpc) is 2.72. The Hall–Kier alpha value is -3.13. The molecular formula is C28H27NO. The van der Waals surface area contributed by atoms with Crippen LogP contribution in [0.25, 0.3) is 22.4 Å². The van der Waals surface area contributed by atoms with E-state index in [2.05, 4.69) is 80.7 Å².